The number of likely N-dealkylation sites (tertiary alicyclic amines) is 1. The lowest BCUT2D eigenvalue weighted by molar-refractivity contribution is 0.0734. The summed E-state index contributed by atoms with van der Waals surface area (Å²) in [6, 6.07) is 12.2. The van der Waals surface area contributed by atoms with Crippen LogP contribution in [0.15, 0.2) is 61.2 Å². The lowest BCUT2D eigenvalue weighted by Gasteiger charge is -2.24. The number of carbonyl (C=O) groups excluding carboxylic acids is 1. The molecular formula is C25H25N5O2. The maximum atomic E-state index is 13.3. The molecule has 7 nitrogen and oxygen atoms in total. The van der Waals surface area contributed by atoms with Crippen LogP contribution in [0.3, 0.4) is 0 Å². The van der Waals surface area contributed by atoms with Crippen molar-refractivity contribution in [3.63, 3.8) is 0 Å². The third kappa shape index (κ3) is 3.82. The topological polar surface area (TPSA) is 72.6 Å². The SMILES string of the molecule is COc1ccc(Cc2ccc(C3CCCN3C(=O)c3cnn4cc(C)cnc34)nc2)cc1. The van der Waals surface area contributed by atoms with Crippen molar-refractivity contribution in [2.75, 3.05) is 13.7 Å². The van der Waals surface area contributed by atoms with E-state index < -0.39 is 0 Å². The van der Waals surface area contributed by atoms with E-state index in [1.54, 1.807) is 24.0 Å². The first-order valence-electron chi connectivity index (χ1n) is 10.8. The number of hydrogen-bond donors (Lipinski definition) is 0. The van der Waals surface area contributed by atoms with Crippen molar-refractivity contribution in [3.05, 3.63) is 89.1 Å². The van der Waals surface area contributed by atoms with Crippen LogP contribution in [0.4, 0.5) is 0 Å². The van der Waals surface area contributed by atoms with Crippen LogP contribution in [0.5, 0.6) is 5.75 Å². The van der Waals surface area contributed by atoms with E-state index in [0.717, 1.165) is 41.8 Å². The first kappa shape index (κ1) is 20.2. The van der Waals surface area contributed by atoms with Gasteiger partial charge >= 0.3 is 0 Å². The Balaban J connectivity index is 1.34. The van der Waals surface area contributed by atoms with Crippen LogP contribution in [0.1, 0.15) is 51.6 Å². The molecule has 1 fully saturated rings. The third-order valence-corrected chi connectivity index (χ3v) is 5.99. The van der Waals surface area contributed by atoms with E-state index in [9.17, 15) is 4.79 Å². The van der Waals surface area contributed by atoms with Crippen LogP contribution in [-0.4, -0.2) is 44.0 Å². The van der Waals surface area contributed by atoms with Gasteiger partial charge in [0.2, 0.25) is 0 Å². The molecule has 0 aliphatic carbocycles. The second-order valence-corrected chi connectivity index (χ2v) is 8.23. The number of hydrogen-bond acceptors (Lipinski definition) is 5. The van der Waals surface area contributed by atoms with E-state index in [-0.39, 0.29) is 11.9 Å². The predicted molar refractivity (Wildman–Crippen MR) is 121 cm³/mol. The van der Waals surface area contributed by atoms with E-state index >= 15 is 0 Å². The molecule has 1 unspecified atom stereocenters. The minimum atomic E-state index is -0.0389. The highest BCUT2D eigenvalue weighted by Gasteiger charge is 2.33. The van der Waals surface area contributed by atoms with Crippen molar-refractivity contribution in [3.8, 4) is 5.75 Å². The number of nitrogens with zero attached hydrogens (tertiary/aromatic N) is 5. The van der Waals surface area contributed by atoms with Gasteiger partial charge in [-0.25, -0.2) is 9.50 Å². The van der Waals surface area contributed by atoms with Gasteiger partial charge in [0, 0.05) is 25.1 Å². The van der Waals surface area contributed by atoms with Gasteiger partial charge in [-0.15, -0.1) is 0 Å². The maximum absolute atomic E-state index is 13.3. The standard InChI is InChI=1S/C25H25N5O2/c1-17-13-27-24-21(15-28-30(24)16-17)25(31)29-11-3-4-23(29)22-10-7-19(14-26-22)12-18-5-8-20(32-2)9-6-18/h5-10,13-16,23H,3-4,11-12H2,1-2H3. The molecule has 0 spiro atoms. The van der Waals surface area contributed by atoms with Crippen LogP contribution in [0.25, 0.3) is 5.65 Å². The Bertz CT molecular complexity index is 1250. The summed E-state index contributed by atoms with van der Waals surface area (Å²) >= 11 is 0. The van der Waals surface area contributed by atoms with Gasteiger partial charge in [-0.05, 0) is 61.1 Å². The largest absolute Gasteiger partial charge is 0.497 e. The van der Waals surface area contributed by atoms with Crippen LogP contribution in [0, 0.1) is 6.92 Å². The molecule has 0 N–H and O–H groups in total. The summed E-state index contributed by atoms with van der Waals surface area (Å²) in [4.78, 5) is 24.4. The molecule has 1 saturated heterocycles. The molecule has 1 aliphatic heterocycles. The normalized spacial score (nSPS) is 15.9. The molecular weight excluding hydrogens is 402 g/mol. The first-order valence-corrected chi connectivity index (χ1v) is 10.8. The van der Waals surface area contributed by atoms with Gasteiger partial charge in [0.15, 0.2) is 5.65 Å². The zero-order valence-corrected chi connectivity index (χ0v) is 18.2. The van der Waals surface area contributed by atoms with Gasteiger partial charge in [-0.3, -0.25) is 9.78 Å². The number of benzene rings is 1. The lowest BCUT2D eigenvalue weighted by atomic mass is 10.0. The van der Waals surface area contributed by atoms with Gasteiger partial charge in [-0.1, -0.05) is 18.2 Å². The number of amides is 1. The number of fused-ring (bicyclic) bond motifs is 1. The monoisotopic (exact) mass is 427 g/mol. The Kier molecular flexibility index (Phi) is 5.31. The van der Waals surface area contributed by atoms with Gasteiger partial charge in [0.1, 0.15) is 11.3 Å². The Morgan fingerprint density at radius 2 is 1.88 bits per heavy atom. The van der Waals surface area contributed by atoms with Crippen molar-refractivity contribution in [2.24, 2.45) is 0 Å². The summed E-state index contributed by atoms with van der Waals surface area (Å²) in [6.45, 7) is 2.66. The molecule has 1 atom stereocenters. The van der Waals surface area contributed by atoms with Gasteiger partial charge in [-0.2, -0.15) is 5.10 Å². The van der Waals surface area contributed by atoms with Crippen LogP contribution >= 0.6 is 0 Å². The van der Waals surface area contributed by atoms with Crippen LogP contribution < -0.4 is 4.74 Å². The quantitative estimate of drug-likeness (QED) is 0.481. The van der Waals surface area contributed by atoms with Gasteiger partial charge in [0.25, 0.3) is 5.91 Å². The summed E-state index contributed by atoms with van der Waals surface area (Å²) in [7, 11) is 1.67. The summed E-state index contributed by atoms with van der Waals surface area (Å²) in [5, 5.41) is 4.32. The highest BCUT2D eigenvalue weighted by Crippen LogP contribution is 2.32. The predicted octanol–water partition coefficient (Wildman–Crippen LogP) is 4.01. The van der Waals surface area contributed by atoms with E-state index in [2.05, 4.69) is 28.3 Å². The Hall–Kier alpha value is -3.74. The van der Waals surface area contributed by atoms with Crippen molar-refractivity contribution in [1.29, 1.82) is 0 Å². The molecule has 3 aromatic heterocycles. The number of rotatable bonds is 5. The van der Waals surface area contributed by atoms with Crippen molar-refractivity contribution >= 4 is 11.6 Å². The van der Waals surface area contributed by atoms with Crippen LogP contribution in [0.2, 0.25) is 0 Å². The highest BCUT2D eigenvalue weighted by atomic mass is 16.5. The molecule has 1 aromatic carbocycles. The number of methoxy groups -OCH3 is 1. The summed E-state index contributed by atoms with van der Waals surface area (Å²) in [5.41, 5.74) is 5.39. The number of carbonyl (C=O) groups is 1. The average Bonchev–Trinajstić information content (AvgIpc) is 3.47. The molecule has 162 valence electrons. The molecule has 7 heteroatoms. The number of ether oxygens (including phenoxy) is 1. The van der Waals surface area contributed by atoms with Crippen molar-refractivity contribution in [2.45, 2.75) is 32.2 Å². The molecule has 1 amide bonds. The van der Waals surface area contributed by atoms with E-state index in [1.165, 1.54) is 5.56 Å². The smallest absolute Gasteiger partial charge is 0.259 e. The van der Waals surface area contributed by atoms with E-state index in [1.807, 2.05) is 42.4 Å². The molecule has 1 aliphatic rings. The fourth-order valence-electron chi connectivity index (χ4n) is 4.31. The Morgan fingerprint density at radius 1 is 1.06 bits per heavy atom. The minimum Gasteiger partial charge on any atom is -0.497 e. The van der Waals surface area contributed by atoms with Gasteiger partial charge in [0.05, 0.1) is 25.0 Å². The zero-order valence-electron chi connectivity index (χ0n) is 18.2. The molecule has 32 heavy (non-hydrogen) atoms. The van der Waals surface area contributed by atoms with E-state index in [0.29, 0.717) is 17.8 Å². The summed E-state index contributed by atoms with van der Waals surface area (Å²) in [5.74, 6) is 0.813. The highest BCUT2D eigenvalue weighted by molar-refractivity contribution is 6.00. The second kappa shape index (κ2) is 8.42. The fourth-order valence-corrected chi connectivity index (χ4v) is 4.31. The number of aryl methyl sites for hydroxylation is 1. The number of aromatic nitrogens is 4. The Morgan fingerprint density at radius 3 is 2.62 bits per heavy atom. The van der Waals surface area contributed by atoms with Crippen LogP contribution in [-0.2, 0) is 6.42 Å². The first-order chi connectivity index (χ1) is 15.6. The molecule has 0 radical (unpaired) electrons. The average molecular weight is 428 g/mol. The van der Waals surface area contributed by atoms with Crippen molar-refractivity contribution < 1.29 is 9.53 Å². The van der Waals surface area contributed by atoms with Gasteiger partial charge < -0.3 is 9.64 Å². The maximum Gasteiger partial charge on any atom is 0.259 e. The fraction of sp³-hybridized carbons (Fsp3) is 0.280. The Labute approximate surface area is 186 Å². The summed E-state index contributed by atoms with van der Waals surface area (Å²) in [6.07, 6.45) is 9.84. The molecule has 4 aromatic rings. The number of pyridine rings is 1. The molecule has 0 bridgehead atoms. The molecule has 0 saturated carbocycles. The molecule has 5 rings (SSSR count). The van der Waals surface area contributed by atoms with E-state index in [4.69, 9.17) is 9.72 Å². The van der Waals surface area contributed by atoms with Crippen molar-refractivity contribution in [1.82, 2.24) is 24.5 Å². The molecule has 4 heterocycles. The third-order valence-electron chi connectivity index (χ3n) is 5.99. The lowest BCUT2D eigenvalue weighted by Crippen LogP contribution is -2.31. The zero-order chi connectivity index (χ0) is 22.1. The minimum absolute atomic E-state index is 0.0297. The second-order valence-electron chi connectivity index (χ2n) is 8.23. The summed E-state index contributed by atoms with van der Waals surface area (Å²) < 4.78 is 6.89.